The van der Waals surface area contributed by atoms with E-state index in [9.17, 15) is 0 Å². The summed E-state index contributed by atoms with van der Waals surface area (Å²) in [6.45, 7) is 0. The molecule has 94 valence electrons. The molecule has 0 heterocycles. The molecule has 0 aliphatic carbocycles. The summed E-state index contributed by atoms with van der Waals surface area (Å²) in [7, 11) is 0. The summed E-state index contributed by atoms with van der Waals surface area (Å²) in [4.78, 5) is 0. The largest absolute Gasteiger partial charge is 0.126 e. The highest BCUT2D eigenvalue weighted by Crippen LogP contribution is 2.25. The summed E-state index contributed by atoms with van der Waals surface area (Å²) in [5.41, 5.74) is 2.48. The van der Waals surface area contributed by atoms with Crippen LogP contribution in [0.3, 0.4) is 0 Å². The Hall–Kier alpha value is -0.500. The summed E-state index contributed by atoms with van der Waals surface area (Å²) < 4.78 is 1.09. The van der Waals surface area contributed by atoms with Crippen molar-refractivity contribution >= 4 is 39.1 Å². The van der Waals surface area contributed by atoms with Gasteiger partial charge in [-0.05, 0) is 41.8 Å². The molecular weight excluding hydrogens is 331 g/mol. The van der Waals surface area contributed by atoms with E-state index in [0.29, 0.717) is 11.8 Å². The lowest BCUT2D eigenvalue weighted by molar-refractivity contribution is 0.766. The second kappa shape index (κ2) is 6.60. The molecule has 0 fully saturated rings. The molecule has 1 atom stereocenters. The SMILES string of the molecule is ClCC(Cc1cccc(Cl)c1)c1ccc(Br)cc1. The van der Waals surface area contributed by atoms with Crippen molar-refractivity contribution in [3.8, 4) is 0 Å². The minimum Gasteiger partial charge on any atom is -0.126 e. The molecule has 0 aromatic heterocycles. The van der Waals surface area contributed by atoms with Gasteiger partial charge in [-0.15, -0.1) is 11.6 Å². The highest BCUT2D eigenvalue weighted by molar-refractivity contribution is 9.10. The molecule has 0 aliphatic rings. The predicted octanol–water partition coefficient (Wildman–Crippen LogP) is 5.67. The van der Waals surface area contributed by atoms with E-state index in [0.717, 1.165) is 15.9 Å². The normalized spacial score (nSPS) is 12.4. The minimum absolute atomic E-state index is 0.318. The van der Waals surface area contributed by atoms with Crippen molar-refractivity contribution < 1.29 is 0 Å². The van der Waals surface area contributed by atoms with Crippen LogP contribution in [0.1, 0.15) is 17.0 Å². The molecule has 2 aromatic rings. The van der Waals surface area contributed by atoms with Crippen molar-refractivity contribution in [1.29, 1.82) is 0 Å². The third-order valence-electron chi connectivity index (χ3n) is 2.90. The van der Waals surface area contributed by atoms with E-state index in [-0.39, 0.29) is 0 Å². The lowest BCUT2D eigenvalue weighted by atomic mass is 9.94. The van der Waals surface area contributed by atoms with E-state index in [4.69, 9.17) is 23.2 Å². The van der Waals surface area contributed by atoms with Gasteiger partial charge in [-0.1, -0.05) is 51.8 Å². The first-order valence-corrected chi connectivity index (χ1v) is 7.45. The average molecular weight is 344 g/mol. The van der Waals surface area contributed by atoms with Crippen LogP contribution >= 0.6 is 39.1 Å². The molecule has 3 heteroatoms. The highest BCUT2D eigenvalue weighted by Gasteiger charge is 2.11. The van der Waals surface area contributed by atoms with Crippen LogP contribution in [-0.4, -0.2) is 5.88 Å². The van der Waals surface area contributed by atoms with E-state index in [1.807, 2.05) is 30.3 Å². The number of rotatable bonds is 4. The van der Waals surface area contributed by atoms with Crippen LogP contribution in [0, 0.1) is 0 Å². The van der Waals surface area contributed by atoms with E-state index < -0.39 is 0 Å². The molecule has 2 rings (SSSR count). The Morgan fingerprint density at radius 2 is 1.78 bits per heavy atom. The van der Waals surface area contributed by atoms with Gasteiger partial charge in [0.25, 0.3) is 0 Å². The maximum Gasteiger partial charge on any atom is 0.0408 e. The van der Waals surface area contributed by atoms with Gasteiger partial charge >= 0.3 is 0 Å². The lowest BCUT2D eigenvalue weighted by Crippen LogP contribution is -2.04. The van der Waals surface area contributed by atoms with Crippen LogP contribution in [0.5, 0.6) is 0 Å². The molecule has 1 unspecified atom stereocenters. The Balaban J connectivity index is 2.17. The highest BCUT2D eigenvalue weighted by atomic mass is 79.9. The van der Waals surface area contributed by atoms with Crippen molar-refractivity contribution in [2.75, 3.05) is 5.88 Å². The Kier molecular flexibility index (Phi) is 5.11. The molecule has 2 aromatic carbocycles. The van der Waals surface area contributed by atoms with Crippen molar-refractivity contribution in [1.82, 2.24) is 0 Å². The lowest BCUT2D eigenvalue weighted by Gasteiger charge is -2.14. The Bertz CT molecular complexity index is 508. The van der Waals surface area contributed by atoms with E-state index in [2.05, 4.69) is 34.1 Å². The molecule has 0 N–H and O–H groups in total. The predicted molar refractivity (Wildman–Crippen MR) is 82.8 cm³/mol. The first kappa shape index (κ1) is 13.9. The quantitative estimate of drug-likeness (QED) is 0.627. The smallest absolute Gasteiger partial charge is 0.0408 e. The first-order chi connectivity index (χ1) is 8.69. The number of alkyl halides is 1. The summed E-state index contributed by atoms with van der Waals surface area (Å²) in [6, 6.07) is 16.3. The van der Waals surface area contributed by atoms with Gasteiger partial charge in [0.05, 0.1) is 0 Å². The number of hydrogen-bond acceptors (Lipinski definition) is 0. The fraction of sp³-hybridized carbons (Fsp3) is 0.200. The van der Waals surface area contributed by atoms with E-state index in [1.165, 1.54) is 11.1 Å². The molecule has 0 bridgehead atoms. The van der Waals surface area contributed by atoms with Crippen LogP contribution in [0.25, 0.3) is 0 Å². The van der Waals surface area contributed by atoms with Crippen molar-refractivity contribution in [2.45, 2.75) is 12.3 Å². The maximum atomic E-state index is 6.09. The maximum absolute atomic E-state index is 6.09. The zero-order valence-corrected chi connectivity index (χ0v) is 12.8. The third kappa shape index (κ3) is 3.74. The summed E-state index contributed by atoms with van der Waals surface area (Å²) in [5.74, 6) is 0.923. The number of hydrogen-bond donors (Lipinski definition) is 0. The van der Waals surface area contributed by atoms with Gasteiger partial charge in [-0.25, -0.2) is 0 Å². The second-order valence-electron chi connectivity index (χ2n) is 4.24. The van der Waals surface area contributed by atoms with Gasteiger partial charge in [-0.3, -0.25) is 0 Å². The zero-order valence-electron chi connectivity index (χ0n) is 9.74. The van der Waals surface area contributed by atoms with Crippen LogP contribution in [0.15, 0.2) is 53.0 Å². The Labute approximate surface area is 126 Å². The zero-order chi connectivity index (χ0) is 13.0. The fourth-order valence-corrected chi connectivity index (χ4v) is 2.71. The fourth-order valence-electron chi connectivity index (χ4n) is 1.94. The van der Waals surface area contributed by atoms with Crippen LogP contribution in [0.4, 0.5) is 0 Å². The molecule has 0 saturated heterocycles. The number of benzene rings is 2. The van der Waals surface area contributed by atoms with E-state index >= 15 is 0 Å². The molecule has 18 heavy (non-hydrogen) atoms. The Morgan fingerprint density at radius 3 is 2.39 bits per heavy atom. The topological polar surface area (TPSA) is 0 Å². The van der Waals surface area contributed by atoms with Crippen LogP contribution in [0.2, 0.25) is 5.02 Å². The summed E-state index contributed by atoms with van der Waals surface area (Å²) in [5, 5.41) is 0.775. The van der Waals surface area contributed by atoms with Crippen molar-refractivity contribution in [3.63, 3.8) is 0 Å². The molecule has 0 amide bonds. The van der Waals surface area contributed by atoms with Crippen LogP contribution < -0.4 is 0 Å². The second-order valence-corrected chi connectivity index (χ2v) is 5.90. The first-order valence-electron chi connectivity index (χ1n) is 5.75. The molecule has 0 nitrogen and oxygen atoms in total. The Morgan fingerprint density at radius 1 is 1.06 bits per heavy atom. The average Bonchev–Trinajstić information content (AvgIpc) is 2.37. The van der Waals surface area contributed by atoms with Gasteiger partial charge in [0.1, 0.15) is 0 Å². The summed E-state index contributed by atoms with van der Waals surface area (Å²) >= 11 is 15.5. The standard InChI is InChI=1S/C15H13BrCl2/c16-14-6-4-12(5-7-14)13(10-17)8-11-2-1-3-15(18)9-11/h1-7,9,13H,8,10H2. The van der Waals surface area contributed by atoms with Gasteiger partial charge < -0.3 is 0 Å². The van der Waals surface area contributed by atoms with Gasteiger partial charge in [0.15, 0.2) is 0 Å². The molecule has 0 radical (unpaired) electrons. The molecule has 0 spiro atoms. The minimum atomic E-state index is 0.318. The van der Waals surface area contributed by atoms with Crippen molar-refractivity contribution in [2.24, 2.45) is 0 Å². The molecule has 0 aliphatic heterocycles. The van der Waals surface area contributed by atoms with Gasteiger partial charge in [0.2, 0.25) is 0 Å². The molecule has 0 saturated carbocycles. The van der Waals surface area contributed by atoms with Gasteiger partial charge in [-0.2, -0.15) is 0 Å². The molecular formula is C15H13BrCl2. The third-order valence-corrected chi connectivity index (χ3v) is 4.04. The van der Waals surface area contributed by atoms with Crippen molar-refractivity contribution in [3.05, 3.63) is 69.2 Å². The number of halogens is 3. The van der Waals surface area contributed by atoms with Gasteiger partial charge in [0, 0.05) is 21.3 Å². The summed E-state index contributed by atoms with van der Waals surface area (Å²) in [6.07, 6.45) is 0.908. The van der Waals surface area contributed by atoms with Crippen LogP contribution in [-0.2, 0) is 6.42 Å². The monoisotopic (exact) mass is 342 g/mol. The van der Waals surface area contributed by atoms with E-state index in [1.54, 1.807) is 0 Å².